The average Bonchev–Trinajstić information content (AvgIpc) is 2.06. The van der Waals surface area contributed by atoms with Crippen LogP contribution in [0.3, 0.4) is 0 Å². The molecule has 0 radical (unpaired) electrons. The van der Waals surface area contributed by atoms with Gasteiger partial charge < -0.3 is 0 Å². The molecule has 0 bridgehead atoms. The van der Waals surface area contributed by atoms with Crippen LogP contribution in [0.1, 0.15) is 27.7 Å². The first kappa shape index (κ1) is 9.11. The monoisotopic (exact) mass is 212 g/mol. The van der Waals surface area contributed by atoms with E-state index in [1.165, 1.54) is 0 Å². The molecule has 11 heavy (non-hydrogen) atoms. The SMILES string of the molecule is CC1=[C](C)[Ge]([CH3])([CH3])[C](C)=C1C. The third kappa shape index (κ3) is 1.12. The summed E-state index contributed by atoms with van der Waals surface area (Å²) in [5, 5.41) is 0. The van der Waals surface area contributed by atoms with E-state index in [1.54, 1.807) is 20.0 Å². The Morgan fingerprint density at radius 2 is 1.00 bits per heavy atom. The molecule has 0 N–H and O–H groups in total. The zero-order chi connectivity index (χ0) is 8.81. The van der Waals surface area contributed by atoms with E-state index in [0.29, 0.717) is 0 Å². The second-order valence-electron chi connectivity index (χ2n) is 4.12. The second kappa shape index (κ2) is 2.51. The van der Waals surface area contributed by atoms with Gasteiger partial charge in [-0.3, -0.25) is 0 Å². The van der Waals surface area contributed by atoms with Crippen molar-refractivity contribution in [3.63, 3.8) is 0 Å². The molecule has 0 saturated heterocycles. The Morgan fingerprint density at radius 1 is 0.727 bits per heavy atom. The molecule has 1 heterocycles. The Balaban J connectivity index is 3.27. The molecule has 0 aromatic rings. The van der Waals surface area contributed by atoms with Gasteiger partial charge >= 0.3 is 72.4 Å². The Hall–Kier alpha value is 0.0229. The molecule has 0 atom stereocenters. The third-order valence-corrected chi connectivity index (χ3v) is 13.0. The topological polar surface area (TPSA) is 0 Å². The van der Waals surface area contributed by atoms with Gasteiger partial charge in [0.15, 0.2) is 0 Å². The minimum absolute atomic E-state index is 1.58. The number of hydrogen-bond acceptors (Lipinski definition) is 0. The molecule has 0 aliphatic carbocycles. The van der Waals surface area contributed by atoms with Crippen molar-refractivity contribution in [2.45, 2.75) is 39.2 Å². The van der Waals surface area contributed by atoms with Crippen molar-refractivity contribution in [3.8, 4) is 0 Å². The average molecular weight is 211 g/mol. The molecule has 0 amide bonds. The van der Waals surface area contributed by atoms with E-state index in [4.69, 9.17) is 0 Å². The summed E-state index contributed by atoms with van der Waals surface area (Å²) in [7, 11) is 0. The molecule has 1 heteroatoms. The standard InChI is InChI=1S/C10H18Ge/c1-7-8(2)10(4)11(5,6)9(7)3/h1-6H3. The summed E-state index contributed by atoms with van der Waals surface area (Å²) in [6, 6.07) is 0. The maximum absolute atomic E-state index is 2.49. The predicted octanol–water partition coefficient (Wildman–Crippen LogP) is 3.46. The number of rotatable bonds is 0. The van der Waals surface area contributed by atoms with Crippen LogP contribution in [-0.2, 0) is 0 Å². The second-order valence-corrected chi connectivity index (χ2v) is 14.1. The quantitative estimate of drug-likeness (QED) is 0.538. The van der Waals surface area contributed by atoms with E-state index >= 15 is 0 Å². The van der Waals surface area contributed by atoms with Crippen molar-refractivity contribution in [2.24, 2.45) is 0 Å². The molecule has 0 aromatic carbocycles. The van der Waals surface area contributed by atoms with E-state index in [1.807, 2.05) is 0 Å². The zero-order valence-electron chi connectivity index (χ0n) is 8.50. The van der Waals surface area contributed by atoms with Crippen molar-refractivity contribution in [3.05, 3.63) is 20.0 Å². The number of allylic oxidation sites excluding steroid dienone is 4. The van der Waals surface area contributed by atoms with Gasteiger partial charge in [-0.2, -0.15) is 0 Å². The van der Waals surface area contributed by atoms with Gasteiger partial charge in [0, 0.05) is 0 Å². The molecular formula is C10H18Ge. The van der Waals surface area contributed by atoms with Crippen molar-refractivity contribution < 1.29 is 0 Å². The summed E-state index contributed by atoms with van der Waals surface area (Å²) in [4.78, 5) is 0. The van der Waals surface area contributed by atoms with E-state index in [0.717, 1.165) is 0 Å². The van der Waals surface area contributed by atoms with Crippen LogP contribution >= 0.6 is 0 Å². The summed E-state index contributed by atoms with van der Waals surface area (Å²) in [6.45, 7) is 9.20. The minimum atomic E-state index is -1.61. The van der Waals surface area contributed by atoms with Gasteiger partial charge in [0.1, 0.15) is 0 Å². The summed E-state index contributed by atoms with van der Waals surface area (Å²) < 4.78 is 3.44. The van der Waals surface area contributed by atoms with E-state index in [9.17, 15) is 0 Å². The molecule has 1 rings (SSSR count). The van der Waals surface area contributed by atoms with E-state index in [2.05, 4.69) is 39.2 Å². The van der Waals surface area contributed by atoms with Crippen LogP contribution in [0.25, 0.3) is 0 Å². The van der Waals surface area contributed by atoms with Crippen molar-refractivity contribution >= 4 is 13.3 Å². The van der Waals surface area contributed by atoms with Gasteiger partial charge in [-0.1, -0.05) is 0 Å². The summed E-state index contributed by atoms with van der Waals surface area (Å²) in [5.41, 5.74) is 3.15. The van der Waals surface area contributed by atoms with Gasteiger partial charge in [0.25, 0.3) is 0 Å². The summed E-state index contributed by atoms with van der Waals surface area (Å²) in [6.07, 6.45) is 0. The molecule has 0 fully saturated rings. The molecule has 0 spiro atoms. The maximum atomic E-state index is 2.49. The fourth-order valence-electron chi connectivity index (χ4n) is 1.78. The predicted molar refractivity (Wildman–Crippen MR) is 54.2 cm³/mol. The zero-order valence-corrected chi connectivity index (χ0v) is 10.6. The first-order chi connectivity index (χ1) is 4.89. The molecule has 1 aliphatic heterocycles. The van der Waals surface area contributed by atoms with Crippen LogP contribution in [0.15, 0.2) is 20.0 Å². The van der Waals surface area contributed by atoms with Crippen LogP contribution in [0.2, 0.25) is 11.5 Å². The van der Waals surface area contributed by atoms with Crippen LogP contribution in [0.4, 0.5) is 0 Å². The summed E-state index contributed by atoms with van der Waals surface area (Å²) >= 11 is -1.61. The van der Waals surface area contributed by atoms with Gasteiger partial charge in [-0.05, 0) is 0 Å². The third-order valence-electron chi connectivity index (χ3n) is 3.56. The van der Waals surface area contributed by atoms with Crippen molar-refractivity contribution in [2.75, 3.05) is 0 Å². The van der Waals surface area contributed by atoms with Crippen LogP contribution in [0, 0.1) is 0 Å². The summed E-state index contributed by atoms with van der Waals surface area (Å²) in [5.74, 6) is 4.98. The Morgan fingerprint density at radius 3 is 1.09 bits per heavy atom. The van der Waals surface area contributed by atoms with Gasteiger partial charge in [-0.15, -0.1) is 0 Å². The first-order valence-corrected chi connectivity index (χ1v) is 10.5. The molecule has 0 nitrogen and oxygen atoms in total. The van der Waals surface area contributed by atoms with E-state index in [-0.39, 0.29) is 0 Å². The van der Waals surface area contributed by atoms with Crippen LogP contribution in [0.5, 0.6) is 0 Å². The Bertz CT molecular complexity index is 228. The first-order valence-electron chi connectivity index (χ1n) is 4.25. The van der Waals surface area contributed by atoms with Crippen LogP contribution in [-0.4, -0.2) is 13.3 Å². The van der Waals surface area contributed by atoms with Gasteiger partial charge in [0.05, 0.1) is 0 Å². The van der Waals surface area contributed by atoms with Crippen molar-refractivity contribution in [1.29, 1.82) is 0 Å². The fourth-order valence-corrected chi connectivity index (χ4v) is 7.68. The number of hydrogen-bond donors (Lipinski definition) is 0. The van der Waals surface area contributed by atoms with Gasteiger partial charge in [0.2, 0.25) is 0 Å². The molecule has 0 aromatic heterocycles. The normalized spacial score (nSPS) is 23.5. The Kier molecular flexibility index (Phi) is 2.08. The van der Waals surface area contributed by atoms with Crippen LogP contribution < -0.4 is 0 Å². The molecule has 0 unspecified atom stereocenters. The fraction of sp³-hybridized carbons (Fsp3) is 0.600. The van der Waals surface area contributed by atoms with Gasteiger partial charge in [-0.25, -0.2) is 0 Å². The Labute approximate surface area is 72.7 Å². The molecule has 62 valence electrons. The molecule has 0 saturated carbocycles. The van der Waals surface area contributed by atoms with E-state index < -0.39 is 13.3 Å². The molecular weight excluding hydrogens is 193 g/mol. The molecule has 1 aliphatic rings. The van der Waals surface area contributed by atoms with Crippen molar-refractivity contribution in [1.82, 2.24) is 0 Å².